The van der Waals surface area contributed by atoms with Gasteiger partial charge < -0.3 is 9.84 Å². The van der Waals surface area contributed by atoms with Crippen molar-refractivity contribution < 1.29 is 19.0 Å². The molecule has 0 unspecified atom stereocenters. The van der Waals surface area contributed by atoms with Gasteiger partial charge in [-0.15, -0.1) is 0 Å². The van der Waals surface area contributed by atoms with Crippen molar-refractivity contribution in [2.45, 2.75) is 13.5 Å². The molecule has 0 bridgehead atoms. The van der Waals surface area contributed by atoms with Crippen LogP contribution in [-0.2, 0) is 6.54 Å². The summed E-state index contributed by atoms with van der Waals surface area (Å²) in [4.78, 5) is 16.0. The summed E-state index contributed by atoms with van der Waals surface area (Å²) in [6, 6.07) is 11.1. The number of hydrogen-bond acceptors (Lipinski definition) is 4. The molecule has 0 N–H and O–H groups in total. The second-order valence-corrected chi connectivity index (χ2v) is 5.43. The molecule has 3 aromatic rings. The van der Waals surface area contributed by atoms with Crippen LogP contribution >= 0.6 is 11.6 Å². The van der Waals surface area contributed by atoms with E-state index in [9.17, 15) is 9.90 Å². The Hall–Kier alpha value is -2.60. The second-order valence-electron chi connectivity index (χ2n) is 5.04. The molecule has 7 heteroatoms. The molecule has 1 aromatic carbocycles. The first kappa shape index (κ1) is 15.3. The average Bonchev–Trinajstić information content (AvgIpc) is 2.80. The van der Waals surface area contributed by atoms with E-state index in [1.54, 1.807) is 10.6 Å². The molecule has 0 aliphatic carbocycles. The number of ketones is 1. The largest absolute Gasteiger partial charge is 0.845 e. The average molecular weight is 332 g/mol. The number of halogens is 1. The van der Waals surface area contributed by atoms with Gasteiger partial charge in [0.1, 0.15) is 0 Å². The van der Waals surface area contributed by atoms with Crippen LogP contribution in [0.1, 0.15) is 23.0 Å². The monoisotopic (exact) mass is 331 g/mol. The van der Waals surface area contributed by atoms with Crippen LogP contribution in [0.3, 0.4) is 0 Å². The molecule has 0 radical (unpaired) electrons. The van der Waals surface area contributed by atoms with Crippen molar-refractivity contribution in [3.05, 3.63) is 52.8 Å². The molecule has 23 heavy (non-hydrogen) atoms. The molecule has 3 rings (SSSR count). The zero-order valence-electron chi connectivity index (χ0n) is 12.6. The van der Waals surface area contributed by atoms with E-state index in [0.717, 1.165) is 5.56 Å². The van der Waals surface area contributed by atoms with Crippen molar-refractivity contribution in [3.8, 4) is 11.9 Å². The highest BCUT2D eigenvalue weighted by molar-refractivity contribution is 6.29. The van der Waals surface area contributed by atoms with Gasteiger partial charge in [0.05, 0.1) is 25.6 Å². The molecule has 0 aliphatic heterocycles. The summed E-state index contributed by atoms with van der Waals surface area (Å²) >= 11 is 6.01. The summed E-state index contributed by atoms with van der Waals surface area (Å²) in [6.07, 6.45) is 0. The SMILES string of the molecule is COc1nc(Cl)cc2n(Cc3ccccc3)c(C(C)=O)c([O-])[n+]12. The van der Waals surface area contributed by atoms with Crippen molar-refractivity contribution >= 4 is 23.0 Å². The lowest BCUT2D eigenvalue weighted by molar-refractivity contribution is -0.591. The molecule has 0 amide bonds. The summed E-state index contributed by atoms with van der Waals surface area (Å²) in [5, 5.41) is 12.8. The number of fused-ring (bicyclic) bond motifs is 1. The number of ether oxygens (including phenoxy) is 1. The molecule has 0 fully saturated rings. The van der Waals surface area contributed by atoms with Crippen LogP contribution in [0.2, 0.25) is 5.15 Å². The quantitative estimate of drug-likeness (QED) is 0.413. The van der Waals surface area contributed by atoms with E-state index in [0.29, 0.717) is 12.2 Å². The highest BCUT2D eigenvalue weighted by Crippen LogP contribution is 2.22. The predicted molar refractivity (Wildman–Crippen MR) is 81.9 cm³/mol. The third-order valence-corrected chi connectivity index (χ3v) is 3.72. The van der Waals surface area contributed by atoms with Crippen molar-refractivity contribution in [1.29, 1.82) is 0 Å². The van der Waals surface area contributed by atoms with Gasteiger partial charge in [-0.25, -0.2) is 4.57 Å². The number of imidazole rings is 1. The molecular formula is C16H14ClN3O3. The molecule has 0 saturated carbocycles. The van der Waals surface area contributed by atoms with Crippen LogP contribution in [0.25, 0.3) is 5.65 Å². The van der Waals surface area contributed by atoms with Gasteiger partial charge in [-0.3, -0.25) is 4.79 Å². The summed E-state index contributed by atoms with van der Waals surface area (Å²) < 4.78 is 8.02. The molecule has 6 nitrogen and oxygen atoms in total. The Morgan fingerprint density at radius 2 is 2.09 bits per heavy atom. The Balaban J connectivity index is 2.32. The van der Waals surface area contributed by atoms with Crippen molar-refractivity contribution in [1.82, 2.24) is 9.55 Å². The standard InChI is InChI=1S/C16H14ClN3O3/c1-10(21)14-15(22)20-13(8-12(17)18-16(20)23-2)19(14)9-11-6-4-3-5-7-11/h3-8H,9H2,1-2H3. The fraction of sp³-hybridized carbons (Fsp3) is 0.188. The zero-order valence-corrected chi connectivity index (χ0v) is 13.4. The van der Waals surface area contributed by atoms with E-state index in [1.807, 2.05) is 30.3 Å². The number of methoxy groups -OCH3 is 1. The van der Waals surface area contributed by atoms with Crippen LogP contribution in [0.5, 0.6) is 11.9 Å². The minimum Gasteiger partial charge on any atom is -0.845 e. The topological polar surface area (TPSA) is 71.3 Å². The van der Waals surface area contributed by atoms with Gasteiger partial charge in [0.2, 0.25) is 10.8 Å². The molecule has 0 spiro atoms. The van der Waals surface area contributed by atoms with E-state index in [2.05, 4.69) is 4.98 Å². The van der Waals surface area contributed by atoms with E-state index in [4.69, 9.17) is 16.3 Å². The highest BCUT2D eigenvalue weighted by Gasteiger charge is 2.26. The lowest BCUT2D eigenvalue weighted by Crippen LogP contribution is -2.28. The van der Waals surface area contributed by atoms with Crippen molar-refractivity contribution in [3.63, 3.8) is 0 Å². The molecule has 0 saturated heterocycles. The number of nitrogens with zero attached hydrogens (tertiary/aromatic N) is 3. The maximum Gasteiger partial charge on any atom is 0.439 e. The lowest BCUT2D eigenvalue weighted by atomic mass is 10.2. The molecule has 2 aromatic heterocycles. The normalized spacial score (nSPS) is 10.9. The molecule has 118 valence electrons. The Morgan fingerprint density at radius 3 is 2.70 bits per heavy atom. The van der Waals surface area contributed by atoms with Crippen LogP contribution in [-0.4, -0.2) is 22.4 Å². The maximum absolute atomic E-state index is 12.6. The minimum atomic E-state index is -0.468. The summed E-state index contributed by atoms with van der Waals surface area (Å²) in [7, 11) is 1.40. The van der Waals surface area contributed by atoms with Gasteiger partial charge >= 0.3 is 6.01 Å². The van der Waals surface area contributed by atoms with E-state index >= 15 is 0 Å². The van der Waals surface area contributed by atoms with Gasteiger partial charge in [0, 0.05) is 6.92 Å². The molecule has 0 aliphatic rings. The lowest BCUT2D eigenvalue weighted by Gasteiger charge is -2.05. The zero-order chi connectivity index (χ0) is 16.6. The molecule has 2 heterocycles. The number of aromatic nitrogens is 3. The van der Waals surface area contributed by atoms with Crippen molar-refractivity contribution in [2.24, 2.45) is 0 Å². The third kappa shape index (κ3) is 2.61. The third-order valence-electron chi connectivity index (χ3n) is 3.52. The van der Waals surface area contributed by atoms with Crippen LogP contribution in [0, 0.1) is 0 Å². The first-order chi connectivity index (χ1) is 11.0. The fourth-order valence-corrected chi connectivity index (χ4v) is 2.74. The highest BCUT2D eigenvalue weighted by atomic mass is 35.5. The Bertz CT molecular complexity index is 891. The number of benzene rings is 1. The number of rotatable bonds is 4. The van der Waals surface area contributed by atoms with E-state index in [1.165, 1.54) is 18.4 Å². The van der Waals surface area contributed by atoms with Crippen molar-refractivity contribution in [2.75, 3.05) is 7.11 Å². The first-order valence-electron chi connectivity index (χ1n) is 6.93. The minimum absolute atomic E-state index is 0.0480. The molecular weight excluding hydrogens is 318 g/mol. The second kappa shape index (κ2) is 5.89. The van der Waals surface area contributed by atoms with E-state index in [-0.39, 0.29) is 22.6 Å². The van der Waals surface area contributed by atoms with Gasteiger partial charge in [-0.05, 0) is 17.2 Å². The Labute approximate surface area is 137 Å². The fourth-order valence-electron chi connectivity index (χ4n) is 2.57. The molecule has 0 atom stereocenters. The summed E-state index contributed by atoms with van der Waals surface area (Å²) in [6.45, 7) is 1.73. The number of Topliss-reactive ketones (excluding diaryl/α,β-unsaturated/α-hetero) is 1. The Morgan fingerprint density at radius 1 is 1.39 bits per heavy atom. The van der Waals surface area contributed by atoms with Gasteiger partial charge in [0.15, 0.2) is 11.5 Å². The number of carbonyl (C=O) groups is 1. The number of carbonyl (C=O) groups excluding carboxylic acids is 1. The Kier molecular flexibility index (Phi) is 3.92. The predicted octanol–water partition coefficient (Wildman–Crippen LogP) is 1.61. The van der Waals surface area contributed by atoms with E-state index < -0.39 is 5.88 Å². The van der Waals surface area contributed by atoms with Gasteiger partial charge in [-0.2, -0.15) is 4.40 Å². The summed E-state index contributed by atoms with van der Waals surface area (Å²) in [5.74, 6) is -0.794. The maximum atomic E-state index is 12.6. The number of hydrogen-bond donors (Lipinski definition) is 0. The van der Waals surface area contributed by atoms with Crippen LogP contribution < -0.4 is 14.2 Å². The van der Waals surface area contributed by atoms with Gasteiger partial charge in [-0.1, -0.05) is 35.3 Å². The van der Waals surface area contributed by atoms with Crippen LogP contribution in [0.4, 0.5) is 0 Å². The smallest absolute Gasteiger partial charge is 0.439 e. The van der Waals surface area contributed by atoms with Gasteiger partial charge in [0.25, 0.3) is 0 Å². The van der Waals surface area contributed by atoms with Crippen LogP contribution in [0.15, 0.2) is 36.4 Å². The first-order valence-corrected chi connectivity index (χ1v) is 7.31. The summed E-state index contributed by atoms with van der Waals surface area (Å²) in [5.41, 5.74) is 1.48.